The van der Waals surface area contributed by atoms with E-state index in [1.54, 1.807) is 0 Å². The predicted molar refractivity (Wildman–Crippen MR) is 66.5 cm³/mol. The molecule has 1 aliphatic carbocycles. The van der Waals surface area contributed by atoms with E-state index >= 15 is 0 Å². The van der Waals surface area contributed by atoms with Gasteiger partial charge in [-0.1, -0.05) is 0 Å². The van der Waals surface area contributed by atoms with Crippen LogP contribution in [0, 0.1) is 5.92 Å². The molecule has 0 aromatic carbocycles. The molecule has 0 spiro atoms. The molecule has 1 unspecified atom stereocenters. The number of urea groups is 1. The van der Waals surface area contributed by atoms with E-state index in [1.807, 2.05) is 0 Å². The van der Waals surface area contributed by atoms with Gasteiger partial charge in [0, 0.05) is 19.1 Å². The van der Waals surface area contributed by atoms with Crippen molar-refractivity contribution >= 4 is 17.9 Å². The van der Waals surface area contributed by atoms with Crippen molar-refractivity contribution in [3.05, 3.63) is 0 Å². The van der Waals surface area contributed by atoms with Crippen LogP contribution in [0.15, 0.2) is 0 Å². The Morgan fingerprint density at radius 1 is 1.21 bits per heavy atom. The minimum absolute atomic E-state index is 0.0520. The number of carbonyl (C=O) groups is 3. The highest BCUT2D eigenvalue weighted by Crippen LogP contribution is 2.18. The second kappa shape index (κ2) is 5.90. The SMILES string of the molecule is O=C(CNC(=O)N1CCCC(C(=O)O)C1)NC1CC1. The van der Waals surface area contributed by atoms with E-state index < -0.39 is 11.9 Å². The second-order valence-corrected chi connectivity index (χ2v) is 5.12. The second-order valence-electron chi connectivity index (χ2n) is 5.12. The first kappa shape index (κ1) is 13.6. The predicted octanol–water partition coefficient (Wildman–Crippen LogP) is -0.229. The van der Waals surface area contributed by atoms with Crippen LogP contribution in [0.5, 0.6) is 0 Å². The average Bonchev–Trinajstić information content (AvgIpc) is 3.20. The Bertz CT molecular complexity index is 381. The zero-order valence-corrected chi connectivity index (χ0v) is 10.7. The van der Waals surface area contributed by atoms with Gasteiger partial charge in [-0.05, 0) is 25.7 Å². The summed E-state index contributed by atoms with van der Waals surface area (Å²) in [4.78, 5) is 35.6. The third-order valence-electron chi connectivity index (χ3n) is 3.40. The number of rotatable bonds is 4. The summed E-state index contributed by atoms with van der Waals surface area (Å²) in [6, 6.07) is -0.0901. The van der Waals surface area contributed by atoms with Gasteiger partial charge in [-0.3, -0.25) is 9.59 Å². The molecule has 1 saturated carbocycles. The Kier molecular flexibility index (Phi) is 4.24. The maximum Gasteiger partial charge on any atom is 0.317 e. The van der Waals surface area contributed by atoms with Crippen LogP contribution in [0.1, 0.15) is 25.7 Å². The van der Waals surface area contributed by atoms with Crippen molar-refractivity contribution in [2.45, 2.75) is 31.7 Å². The van der Waals surface area contributed by atoms with Gasteiger partial charge in [-0.2, -0.15) is 0 Å². The normalized spacial score (nSPS) is 22.7. The lowest BCUT2D eigenvalue weighted by Gasteiger charge is -2.30. The fourth-order valence-corrected chi connectivity index (χ4v) is 2.14. The minimum atomic E-state index is -0.871. The van der Waals surface area contributed by atoms with Gasteiger partial charge in [-0.25, -0.2) is 4.79 Å². The van der Waals surface area contributed by atoms with Gasteiger partial charge in [0.15, 0.2) is 0 Å². The molecule has 1 atom stereocenters. The number of likely N-dealkylation sites (tertiary alicyclic amines) is 1. The van der Waals surface area contributed by atoms with Gasteiger partial charge in [0.05, 0.1) is 12.5 Å². The van der Waals surface area contributed by atoms with Crippen molar-refractivity contribution in [2.24, 2.45) is 5.92 Å². The molecule has 7 nitrogen and oxygen atoms in total. The fourth-order valence-electron chi connectivity index (χ4n) is 2.14. The number of hydrogen-bond donors (Lipinski definition) is 3. The number of nitrogens with one attached hydrogen (secondary N) is 2. The van der Waals surface area contributed by atoms with Crippen molar-refractivity contribution < 1.29 is 19.5 Å². The van der Waals surface area contributed by atoms with Crippen molar-refractivity contribution in [3.63, 3.8) is 0 Å². The molecule has 0 aromatic rings. The van der Waals surface area contributed by atoms with Crippen LogP contribution in [0.4, 0.5) is 4.79 Å². The fraction of sp³-hybridized carbons (Fsp3) is 0.750. The highest BCUT2D eigenvalue weighted by atomic mass is 16.4. The number of aliphatic carboxylic acids is 1. The number of carboxylic acid groups (broad SMARTS) is 1. The molecule has 2 aliphatic rings. The summed E-state index contributed by atoms with van der Waals surface area (Å²) in [6.45, 7) is 0.703. The maximum absolute atomic E-state index is 11.8. The lowest BCUT2D eigenvalue weighted by atomic mass is 9.99. The Balaban J connectivity index is 1.72. The van der Waals surface area contributed by atoms with E-state index in [9.17, 15) is 14.4 Å². The minimum Gasteiger partial charge on any atom is -0.481 e. The summed E-state index contributed by atoms with van der Waals surface area (Å²) in [5.41, 5.74) is 0. The van der Waals surface area contributed by atoms with Crippen LogP contribution in [0.2, 0.25) is 0 Å². The molecule has 0 radical (unpaired) electrons. The molecule has 19 heavy (non-hydrogen) atoms. The average molecular weight is 269 g/mol. The molecule has 1 aliphatic heterocycles. The molecule has 1 heterocycles. The molecule has 2 fully saturated rings. The van der Waals surface area contributed by atoms with E-state index in [4.69, 9.17) is 5.11 Å². The quantitative estimate of drug-likeness (QED) is 0.656. The largest absolute Gasteiger partial charge is 0.481 e. The van der Waals surface area contributed by atoms with Gasteiger partial charge in [0.1, 0.15) is 0 Å². The zero-order valence-electron chi connectivity index (χ0n) is 10.7. The summed E-state index contributed by atoms with van der Waals surface area (Å²) < 4.78 is 0. The van der Waals surface area contributed by atoms with Crippen molar-refractivity contribution in [2.75, 3.05) is 19.6 Å². The van der Waals surface area contributed by atoms with Crippen molar-refractivity contribution in [1.82, 2.24) is 15.5 Å². The third-order valence-corrected chi connectivity index (χ3v) is 3.40. The molecule has 0 aromatic heterocycles. The van der Waals surface area contributed by atoms with E-state index in [-0.39, 0.29) is 31.1 Å². The molecule has 3 amide bonds. The van der Waals surface area contributed by atoms with Crippen LogP contribution in [-0.4, -0.2) is 53.6 Å². The first-order valence-corrected chi connectivity index (χ1v) is 6.61. The zero-order chi connectivity index (χ0) is 13.8. The van der Waals surface area contributed by atoms with Gasteiger partial charge in [-0.15, -0.1) is 0 Å². The summed E-state index contributed by atoms with van der Waals surface area (Å²) in [5.74, 6) is -1.56. The van der Waals surface area contributed by atoms with Crippen LogP contribution in [0.3, 0.4) is 0 Å². The van der Waals surface area contributed by atoms with E-state index in [2.05, 4.69) is 10.6 Å². The number of piperidine rings is 1. The molecular weight excluding hydrogens is 250 g/mol. The Morgan fingerprint density at radius 2 is 1.95 bits per heavy atom. The Hall–Kier alpha value is -1.79. The van der Waals surface area contributed by atoms with Crippen LogP contribution < -0.4 is 10.6 Å². The van der Waals surface area contributed by atoms with Gasteiger partial charge >= 0.3 is 12.0 Å². The van der Waals surface area contributed by atoms with Gasteiger partial charge in [0.2, 0.25) is 5.91 Å². The Morgan fingerprint density at radius 3 is 2.58 bits per heavy atom. The van der Waals surface area contributed by atoms with Crippen LogP contribution >= 0.6 is 0 Å². The van der Waals surface area contributed by atoms with E-state index in [0.29, 0.717) is 19.4 Å². The molecule has 1 saturated heterocycles. The third kappa shape index (κ3) is 4.11. The topological polar surface area (TPSA) is 98.7 Å². The first-order valence-electron chi connectivity index (χ1n) is 6.61. The number of hydrogen-bond acceptors (Lipinski definition) is 3. The highest BCUT2D eigenvalue weighted by molar-refractivity contribution is 5.84. The van der Waals surface area contributed by atoms with E-state index in [1.165, 1.54) is 4.90 Å². The lowest BCUT2D eigenvalue weighted by Crippen LogP contribution is -2.49. The number of carbonyl (C=O) groups excluding carboxylic acids is 2. The number of carboxylic acids is 1. The lowest BCUT2D eigenvalue weighted by molar-refractivity contribution is -0.143. The number of nitrogens with zero attached hydrogens (tertiary/aromatic N) is 1. The molecule has 106 valence electrons. The Labute approximate surface area is 111 Å². The van der Waals surface area contributed by atoms with E-state index in [0.717, 1.165) is 12.8 Å². The van der Waals surface area contributed by atoms with Crippen LogP contribution in [0.25, 0.3) is 0 Å². The summed E-state index contributed by atoms with van der Waals surface area (Å²) in [6.07, 6.45) is 3.29. The standard InChI is InChI=1S/C12H19N3O4/c16-10(14-9-3-4-9)6-13-12(19)15-5-1-2-8(7-15)11(17)18/h8-9H,1-7H2,(H,13,19)(H,14,16)(H,17,18). The van der Waals surface area contributed by atoms with Crippen molar-refractivity contribution in [1.29, 1.82) is 0 Å². The molecule has 2 rings (SSSR count). The van der Waals surface area contributed by atoms with Crippen LogP contribution in [-0.2, 0) is 9.59 Å². The number of amides is 3. The van der Waals surface area contributed by atoms with Gasteiger partial charge in [0.25, 0.3) is 0 Å². The smallest absolute Gasteiger partial charge is 0.317 e. The first-order chi connectivity index (χ1) is 9.06. The summed E-state index contributed by atoms with van der Waals surface area (Å²) in [7, 11) is 0. The maximum atomic E-state index is 11.8. The monoisotopic (exact) mass is 269 g/mol. The van der Waals surface area contributed by atoms with Crippen molar-refractivity contribution in [3.8, 4) is 0 Å². The molecular formula is C12H19N3O4. The summed E-state index contributed by atoms with van der Waals surface area (Å²) in [5, 5.41) is 14.2. The summed E-state index contributed by atoms with van der Waals surface area (Å²) >= 11 is 0. The molecule has 0 bridgehead atoms. The highest BCUT2D eigenvalue weighted by Gasteiger charge is 2.28. The molecule has 3 N–H and O–H groups in total. The molecule has 7 heteroatoms. The van der Waals surface area contributed by atoms with Gasteiger partial charge < -0.3 is 20.6 Å².